The van der Waals surface area contributed by atoms with Crippen molar-refractivity contribution in [3.05, 3.63) is 101 Å². The highest BCUT2D eigenvalue weighted by molar-refractivity contribution is 6.09. The van der Waals surface area contributed by atoms with E-state index in [4.69, 9.17) is 4.52 Å². The van der Waals surface area contributed by atoms with E-state index >= 15 is 0 Å². The number of fused-ring (bicyclic) bond motifs is 3. The van der Waals surface area contributed by atoms with Crippen molar-refractivity contribution in [3.8, 4) is 11.3 Å². The van der Waals surface area contributed by atoms with Crippen LogP contribution in [-0.4, -0.2) is 23.5 Å². The average Bonchev–Trinajstić information content (AvgIpc) is 3.22. The number of para-hydroxylation sites is 1. The van der Waals surface area contributed by atoms with Crippen LogP contribution in [0.3, 0.4) is 0 Å². The third kappa shape index (κ3) is 3.89. The van der Waals surface area contributed by atoms with Crippen molar-refractivity contribution in [2.75, 3.05) is 16.8 Å². The number of carbonyl (C=O) groups is 2. The van der Waals surface area contributed by atoms with Gasteiger partial charge in [-0.1, -0.05) is 17.3 Å². The van der Waals surface area contributed by atoms with E-state index in [0.29, 0.717) is 41.1 Å². The van der Waals surface area contributed by atoms with Gasteiger partial charge in [0.05, 0.1) is 11.9 Å². The highest BCUT2D eigenvalue weighted by atomic mass is 19.1. The summed E-state index contributed by atoms with van der Waals surface area (Å²) in [4.78, 5) is 27.7. The molecule has 0 aliphatic carbocycles. The number of halogens is 1. The molecule has 164 valence electrons. The Balaban J connectivity index is 1.37. The summed E-state index contributed by atoms with van der Waals surface area (Å²) in [6.45, 7) is 2.17. The number of nitrogens with one attached hydrogen (secondary N) is 1. The van der Waals surface area contributed by atoms with E-state index in [9.17, 15) is 14.0 Å². The second-order valence-electron chi connectivity index (χ2n) is 7.89. The lowest BCUT2D eigenvalue weighted by molar-refractivity contribution is 0.0986. The molecule has 5 rings (SSSR count). The molecule has 4 aromatic rings. The van der Waals surface area contributed by atoms with E-state index in [0.717, 1.165) is 16.8 Å². The molecule has 0 atom stereocenters. The van der Waals surface area contributed by atoms with Crippen LogP contribution in [0, 0.1) is 12.7 Å². The Morgan fingerprint density at radius 1 is 1.06 bits per heavy atom. The summed E-state index contributed by atoms with van der Waals surface area (Å²) < 4.78 is 18.8. The van der Waals surface area contributed by atoms with Crippen molar-refractivity contribution in [3.63, 3.8) is 0 Å². The molecule has 0 saturated carbocycles. The number of benzene rings is 3. The summed E-state index contributed by atoms with van der Waals surface area (Å²) >= 11 is 0. The minimum atomic E-state index is -0.388. The topological polar surface area (TPSA) is 75.4 Å². The zero-order valence-corrected chi connectivity index (χ0v) is 17.8. The van der Waals surface area contributed by atoms with Gasteiger partial charge in [0.1, 0.15) is 5.82 Å². The molecular formula is C26H20FN3O3. The van der Waals surface area contributed by atoms with Crippen LogP contribution >= 0.6 is 0 Å². The van der Waals surface area contributed by atoms with Gasteiger partial charge in [0.15, 0.2) is 5.76 Å². The summed E-state index contributed by atoms with van der Waals surface area (Å²) in [5, 5.41) is 6.70. The third-order valence-corrected chi connectivity index (χ3v) is 5.76. The second kappa shape index (κ2) is 8.35. The van der Waals surface area contributed by atoms with Crippen molar-refractivity contribution in [1.82, 2.24) is 5.16 Å². The van der Waals surface area contributed by atoms with Crippen LogP contribution in [0.1, 0.15) is 31.8 Å². The number of nitrogens with zero attached hydrogens (tertiary/aromatic N) is 2. The van der Waals surface area contributed by atoms with Gasteiger partial charge in [-0.05, 0) is 73.5 Å². The number of aromatic nitrogens is 1. The first-order valence-corrected chi connectivity index (χ1v) is 10.5. The summed E-state index contributed by atoms with van der Waals surface area (Å²) in [7, 11) is 0. The Bertz CT molecular complexity index is 1360. The van der Waals surface area contributed by atoms with E-state index in [-0.39, 0.29) is 17.6 Å². The van der Waals surface area contributed by atoms with Crippen LogP contribution in [0.25, 0.3) is 11.3 Å². The maximum atomic E-state index is 13.4. The number of rotatable bonds is 3. The van der Waals surface area contributed by atoms with Gasteiger partial charge in [-0.2, -0.15) is 0 Å². The minimum Gasteiger partial charge on any atom is -0.356 e. The molecule has 2 amide bonds. The average molecular weight is 441 g/mol. The number of hydrogen-bond donors (Lipinski definition) is 1. The lowest BCUT2D eigenvalue weighted by Crippen LogP contribution is -2.32. The van der Waals surface area contributed by atoms with E-state index in [1.54, 1.807) is 42.3 Å². The van der Waals surface area contributed by atoms with Gasteiger partial charge in [0.25, 0.3) is 11.8 Å². The molecule has 1 aliphatic rings. The van der Waals surface area contributed by atoms with Gasteiger partial charge in [-0.3, -0.25) is 9.59 Å². The number of amides is 2. The number of carbonyl (C=O) groups excluding carboxylic acids is 2. The fourth-order valence-corrected chi connectivity index (χ4v) is 4.06. The summed E-state index contributed by atoms with van der Waals surface area (Å²) in [6, 6.07) is 18.4. The first-order chi connectivity index (χ1) is 16.0. The molecule has 33 heavy (non-hydrogen) atoms. The van der Waals surface area contributed by atoms with Crippen LogP contribution in [0.2, 0.25) is 0 Å². The van der Waals surface area contributed by atoms with Crippen molar-refractivity contribution in [2.45, 2.75) is 13.3 Å². The predicted molar refractivity (Wildman–Crippen MR) is 123 cm³/mol. The molecule has 3 aromatic carbocycles. The lowest BCUT2D eigenvalue weighted by Gasteiger charge is -2.23. The first-order valence-electron chi connectivity index (χ1n) is 10.5. The van der Waals surface area contributed by atoms with Crippen molar-refractivity contribution in [1.29, 1.82) is 0 Å². The fourth-order valence-electron chi connectivity index (χ4n) is 4.06. The van der Waals surface area contributed by atoms with Crippen LogP contribution in [0.15, 0.2) is 77.4 Å². The van der Waals surface area contributed by atoms with Gasteiger partial charge < -0.3 is 14.7 Å². The Hall–Kier alpha value is -4.26. The molecule has 0 bridgehead atoms. The smallest absolute Gasteiger partial charge is 0.258 e. The monoisotopic (exact) mass is 441 g/mol. The highest BCUT2D eigenvalue weighted by Crippen LogP contribution is 2.36. The normalized spacial score (nSPS) is 12.5. The van der Waals surface area contributed by atoms with Crippen LogP contribution in [-0.2, 0) is 6.42 Å². The van der Waals surface area contributed by atoms with E-state index in [1.165, 1.54) is 18.2 Å². The van der Waals surface area contributed by atoms with E-state index < -0.39 is 0 Å². The van der Waals surface area contributed by atoms with Gasteiger partial charge >= 0.3 is 0 Å². The van der Waals surface area contributed by atoms with Gasteiger partial charge in [-0.25, -0.2) is 4.39 Å². The largest absolute Gasteiger partial charge is 0.356 e. The highest BCUT2D eigenvalue weighted by Gasteiger charge is 2.27. The molecule has 1 aromatic heterocycles. The quantitative estimate of drug-likeness (QED) is 0.472. The summed E-state index contributed by atoms with van der Waals surface area (Å²) in [5.41, 5.74) is 4.54. The molecule has 0 saturated heterocycles. The Morgan fingerprint density at radius 3 is 2.64 bits per heavy atom. The molecule has 2 heterocycles. The zero-order chi connectivity index (χ0) is 22.9. The molecule has 1 N–H and O–H groups in total. The molecule has 0 spiro atoms. The Morgan fingerprint density at radius 2 is 1.85 bits per heavy atom. The molecular weight excluding hydrogens is 421 g/mol. The van der Waals surface area contributed by atoms with Gasteiger partial charge in [0.2, 0.25) is 0 Å². The molecule has 1 aliphatic heterocycles. The van der Waals surface area contributed by atoms with Crippen LogP contribution in [0.5, 0.6) is 0 Å². The molecule has 7 heteroatoms. The van der Waals surface area contributed by atoms with E-state index in [2.05, 4.69) is 10.5 Å². The maximum absolute atomic E-state index is 13.4. The Labute approximate surface area is 189 Å². The molecule has 0 radical (unpaired) electrons. The van der Waals surface area contributed by atoms with Crippen molar-refractivity contribution < 1.29 is 18.5 Å². The summed E-state index contributed by atoms with van der Waals surface area (Å²) in [5.74, 6) is -0.181. The number of aryl methyl sites for hydroxylation is 1. The zero-order valence-electron chi connectivity index (χ0n) is 17.8. The minimum absolute atomic E-state index is 0.146. The molecule has 0 fully saturated rings. The van der Waals surface area contributed by atoms with Gasteiger partial charge in [-0.15, -0.1) is 0 Å². The predicted octanol–water partition coefficient (Wildman–Crippen LogP) is 5.24. The number of anilines is 2. The second-order valence-corrected chi connectivity index (χ2v) is 7.89. The Kier molecular flexibility index (Phi) is 5.22. The molecule has 6 nitrogen and oxygen atoms in total. The fraction of sp³-hybridized carbons (Fsp3) is 0.115. The number of hydrogen-bond acceptors (Lipinski definition) is 4. The van der Waals surface area contributed by atoms with Crippen LogP contribution in [0.4, 0.5) is 15.8 Å². The lowest BCUT2D eigenvalue weighted by atomic mass is 10.1. The van der Waals surface area contributed by atoms with E-state index in [1.807, 2.05) is 24.3 Å². The molecule has 0 unspecified atom stereocenters. The van der Waals surface area contributed by atoms with Crippen LogP contribution < -0.4 is 10.2 Å². The SMILES string of the molecule is Cc1cc(F)ccc1C(=O)Nc1ccc(C(=O)N2CCc3cnoc3-c3ccccc32)cc1. The first kappa shape index (κ1) is 20.6. The van der Waals surface area contributed by atoms with Gasteiger partial charge in [0, 0.05) is 34.5 Å². The maximum Gasteiger partial charge on any atom is 0.258 e. The standard InChI is InChI=1S/C26H20FN3O3/c1-16-14-19(27)8-11-21(16)25(31)29-20-9-6-17(7-10-20)26(32)30-13-12-18-15-28-33-24(18)22-4-2-3-5-23(22)30/h2-11,14-15H,12-13H2,1H3,(H,29,31). The van der Waals surface area contributed by atoms with Crippen molar-refractivity contribution >= 4 is 23.2 Å². The summed E-state index contributed by atoms with van der Waals surface area (Å²) in [6.07, 6.45) is 2.32. The third-order valence-electron chi connectivity index (χ3n) is 5.76. The van der Waals surface area contributed by atoms with Crippen molar-refractivity contribution in [2.24, 2.45) is 0 Å².